The number of hydrogen-bond acceptors (Lipinski definition) is 4. The molecule has 4 heteroatoms. The van der Waals surface area contributed by atoms with E-state index in [9.17, 15) is 0 Å². The van der Waals surface area contributed by atoms with Gasteiger partial charge in [-0.25, -0.2) is 0 Å². The normalized spacial score (nSPS) is 22.8. The van der Waals surface area contributed by atoms with Crippen molar-refractivity contribution >= 4 is 0 Å². The van der Waals surface area contributed by atoms with Crippen LogP contribution < -0.4 is 10.6 Å². The van der Waals surface area contributed by atoms with Gasteiger partial charge < -0.3 is 20.4 Å². The second-order valence-corrected chi connectivity index (χ2v) is 9.42. The van der Waals surface area contributed by atoms with Crippen molar-refractivity contribution in [1.82, 2.24) is 20.4 Å². The molecule has 2 rings (SSSR count). The molecule has 4 nitrogen and oxygen atoms in total. The molecule has 0 aromatic carbocycles. The molecular formula is C22H46N4. The average Bonchev–Trinajstić information content (AvgIpc) is 2.65. The summed E-state index contributed by atoms with van der Waals surface area (Å²) < 4.78 is 0. The van der Waals surface area contributed by atoms with E-state index in [-0.39, 0.29) is 0 Å². The van der Waals surface area contributed by atoms with Crippen molar-refractivity contribution in [3.8, 4) is 0 Å². The van der Waals surface area contributed by atoms with Crippen LogP contribution in [-0.2, 0) is 0 Å². The lowest BCUT2D eigenvalue weighted by molar-refractivity contribution is 0.0976. The number of hydrogen-bond donors (Lipinski definition) is 2. The van der Waals surface area contributed by atoms with Crippen molar-refractivity contribution in [2.45, 2.75) is 88.1 Å². The Morgan fingerprint density at radius 1 is 0.577 bits per heavy atom. The molecule has 2 saturated carbocycles. The molecule has 0 unspecified atom stereocenters. The predicted octanol–water partition coefficient (Wildman–Crippen LogP) is 3.47. The molecule has 0 heterocycles. The van der Waals surface area contributed by atoms with Gasteiger partial charge in [0.15, 0.2) is 0 Å². The summed E-state index contributed by atoms with van der Waals surface area (Å²) >= 11 is 0. The summed E-state index contributed by atoms with van der Waals surface area (Å²) in [6.45, 7) is 4.65. The molecule has 0 atom stereocenters. The number of likely N-dealkylation sites (N-methyl/N-ethyl adjacent to an activating group) is 2. The highest BCUT2D eigenvalue weighted by Crippen LogP contribution is 2.32. The second kappa shape index (κ2) is 11.0. The molecule has 0 aromatic heterocycles. The van der Waals surface area contributed by atoms with Crippen LogP contribution >= 0.6 is 0 Å². The molecule has 2 N–H and O–H groups in total. The maximum atomic E-state index is 3.77. The van der Waals surface area contributed by atoms with Crippen molar-refractivity contribution in [2.75, 3.05) is 54.4 Å². The minimum absolute atomic E-state index is 0.412. The SMILES string of the molecule is CN(C)C1(CNCCCCNCC2(N(C)C)CCCCC2)CCCCC1. The lowest BCUT2D eigenvalue weighted by Gasteiger charge is -2.43. The zero-order chi connectivity index (χ0) is 18.9. The number of nitrogens with zero attached hydrogens (tertiary/aromatic N) is 2. The van der Waals surface area contributed by atoms with Crippen LogP contribution in [-0.4, -0.2) is 75.2 Å². The smallest absolute Gasteiger partial charge is 0.0327 e. The van der Waals surface area contributed by atoms with Crippen LogP contribution in [0.5, 0.6) is 0 Å². The highest BCUT2D eigenvalue weighted by Gasteiger charge is 2.34. The third-order valence-corrected chi connectivity index (χ3v) is 7.33. The van der Waals surface area contributed by atoms with Crippen LogP contribution in [0.3, 0.4) is 0 Å². The first kappa shape index (κ1) is 22.1. The van der Waals surface area contributed by atoms with E-state index in [4.69, 9.17) is 0 Å². The predicted molar refractivity (Wildman–Crippen MR) is 114 cm³/mol. The Hall–Kier alpha value is -0.160. The molecule has 2 aliphatic carbocycles. The van der Waals surface area contributed by atoms with Gasteiger partial charge in [-0.05, 0) is 79.8 Å². The van der Waals surface area contributed by atoms with E-state index in [2.05, 4.69) is 48.6 Å². The van der Waals surface area contributed by atoms with Gasteiger partial charge in [0.05, 0.1) is 0 Å². The molecule has 0 aromatic rings. The van der Waals surface area contributed by atoms with Gasteiger partial charge in [0, 0.05) is 24.2 Å². The van der Waals surface area contributed by atoms with Gasteiger partial charge in [0.1, 0.15) is 0 Å². The summed E-state index contributed by atoms with van der Waals surface area (Å²) in [5, 5.41) is 7.53. The van der Waals surface area contributed by atoms with Crippen molar-refractivity contribution < 1.29 is 0 Å². The summed E-state index contributed by atoms with van der Waals surface area (Å²) in [4.78, 5) is 4.96. The van der Waals surface area contributed by atoms with E-state index in [0.29, 0.717) is 11.1 Å². The topological polar surface area (TPSA) is 30.5 Å². The van der Waals surface area contributed by atoms with Gasteiger partial charge in [0.2, 0.25) is 0 Å². The highest BCUT2D eigenvalue weighted by molar-refractivity contribution is 4.93. The first-order valence-electron chi connectivity index (χ1n) is 11.3. The van der Waals surface area contributed by atoms with Crippen molar-refractivity contribution in [3.05, 3.63) is 0 Å². The Morgan fingerprint density at radius 2 is 0.923 bits per heavy atom. The molecule has 2 fully saturated rings. The Bertz CT molecular complexity index is 332. The van der Waals surface area contributed by atoms with Crippen LogP contribution in [0, 0.1) is 0 Å². The number of nitrogens with one attached hydrogen (secondary N) is 2. The fourth-order valence-corrected chi connectivity index (χ4v) is 5.13. The Balaban J connectivity index is 1.56. The quantitative estimate of drug-likeness (QED) is 0.548. The molecule has 0 spiro atoms. The highest BCUT2D eigenvalue weighted by atomic mass is 15.2. The van der Waals surface area contributed by atoms with Gasteiger partial charge in [-0.3, -0.25) is 0 Å². The average molecular weight is 367 g/mol. The molecule has 0 bridgehead atoms. The largest absolute Gasteiger partial charge is 0.315 e. The van der Waals surface area contributed by atoms with E-state index in [0.717, 1.165) is 26.2 Å². The standard InChI is InChI=1S/C22H46N4/c1-25(2)21(13-7-5-8-14-21)19-23-17-11-12-18-24-20-22(26(3)4)15-9-6-10-16-22/h23-24H,5-20H2,1-4H3. The summed E-state index contributed by atoms with van der Waals surface area (Å²) in [6, 6.07) is 0. The molecule has 0 aliphatic heterocycles. The zero-order valence-electron chi connectivity index (χ0n) is 18.2. The molecular weight excluding hydrogens is 320 g/mol. The first-order chi connectivity index (χ1) is 12.5. The lowest BCUT2D eigenvalue weighted by atomic mass is 9.80. The van der Waals surface area contributed by atoms with Gasteiger partial charge in [-0.15, -0.1) is 0 Å². The van der Waals surface area contributed by atoms with E-state index in [1.165, 1.54) is 77.0 Å². The number of rotatable bonds is 11. The van der Waals surface area contributed by atoms with Crippen LogP contribution in [0.15, 0.2) is 0 Å². The Kier molecular flexibility index (Phi) is 9.36. The second-order valence-electron chi connectivity index (χ2n) is 9.42. The van der Waals surface area contributed by atoms with E-state index in [1.807, 2.05) is 0 Å². The molecule has 0 saturated heterocycles. The molecule has 154 valence electrons. The monoisotopic (exact) mass is 366 g/mol. The van der Waals surface area contributed by atoms with Gasteiger partial charge >= 0.3 is 0 Å². The fourth-order valence-electron chi connectivity index (χ4n) is 5.13. The number of unbranched alkanes of at least 4 members (excludes halogenated alkanes) is 1. The molecule has 0 radical (unpaired) electrons. The van der Waals surface area contributed by atoms with E-state index < -0.39 is 0 Å². The summed E-state index contributed by atoms with van der Waals surface area (Å²) in [5.74, 6) is 0. The fraction of sp³-hybridized carbons (Fsp3) is 1.00. The van der Waals surface area contributed by atoms with Crippen molar-refractivity contribution in [1.29, 1.82) is 0 Å². The van der Waals surface area contributed by atoms with Gasteiger partial charge in [-0.2, -0.15) is 0 Å². The third kappa shape index (κ3) is 6.19. The molecule has 26 heavy (non-hydrogen) atoms. The third-order valence-electron chi connectivity index (χ3n) is 7.33. The minimum atomic E-state index is 0.412. The lowest BCUT2D eigenvalue weighted by Crippen LogP contribution is -2.53. The van der Waals surface area contributed by atoms with Gasteiger partial charge in [-0.1, -0.05) is 38.5 Å². The first-order valence-corrected chi connectivity index (χ1v) is 11.3. The minimum Gasteiger partial charge on any atom is -0.315 e. The zero-order valence-corrected chi connectivity index (χ0v) is 18.2. The summed E-state index contributed by atoms with van der Waals surface area (Å²) in [5.41, 5.74) is 0.825. The van der Waals surface area contributed by atoms with Crippen LogP contribution in [0.1, 0.15) is 77.0 Å². The molecule has 0 amide bonds. The van der Waals surface area contributed by atoms with Crippen LogP contribution in [0.2, 0.25) is 0 Å². The summed E-state index contributed by atoms with van der Waals surface area (Å²) in [6.07, 6.45) is 16.5. The Labute approximate surface area is 163 Å². The van der Waals surface area contributed by atoms with Crippen LogP contribution in [0.25, 0.3) is 0 Å². The Morgan fingerprint density at radius 3 is 1.23 bits per heavy atom. The van der Waals surface area contributed by atoms with Crippen LogP contribution in [0.4, 0.5) is 0 Å². The van der Waals surface area contributed by atoms with Crippen molar-refractivity contribution in [2.24, 2.45) is 0 Å². The van der Waals surface area contributed by atoms with E-state index >= 15 is 0 Å². The summed E-state index contributed by atoms with van der Waals surface area (Å²) in [7, 11) is 9.07. The van der Waals surface area contributed by atoms with E-state index in [1.54, 1.807) is 0 Å². The molecule has 2 aliphatic rings. The van der Waals surface area contributed by atoms with Gasteiger partial charge in [0.25, 0.3) is 0 Å². The van der Waals surface area contributed by atoms with Crippen molar-refractivity contribution in [3.63, 3.8) is 0 Å². The maximum Gasteiger partial charge on any atom is 0.0327 e. The maximum absolute atomic E-state index is 3.77.